The van der Waals surface area contributed by atoms with Gasteiger partial charge in [-0.25, -0.2) is 0 Å². The van der Waals surface area contributed by atoms with Crippen molar-refractivity contribution in [2.75, 3.05) is 0 Å². The van der Waals surface area contributed by atoms with Gasteiger partial charge in [-0.1, -0.05) is 130 Å². The van der Waals surface area contributed by atoms with Gasteiger partial charge in [0.05, 0.1) is 11.4 Å². The van der Waals surface area contributed by atoms with Gasteiger partial charge >= 0.3 is 0 Å². The third kappa shape index (κ3) is 6.91. The van der Waals surface area contributed by atoms with Crippen molar-refractivity contribution in [3.63, 3.8) is 0 Å². The molecular formula is C40H53N2P. The summed E-state index contributed by atoms with van der Waals surface area (Å²) in [6.07, 6.45) is 7.19. The first-order valence-corrected chi connectivity index (χ1v) is 18.4. The molecule has 0 amide bonds. The molecule has 0 radical (unpaired) electrons. The number of aliphatic imine (C=N–C) groups is 2. The van der Waals surface area contributed by atoms with E-state index in [0.717, 1.165) is 12.8 Å². The van der Waals surface area contributed by atoms with Crippen LogP contribution in [0.4, 0.5) is 11.4 Å². The molecule has 228 valence electrons. The van der Waals surface area contributed by atoms with Crippen molar-refractivity contribution >= 4 is 36.0 Å². The lowest BCUT2D eigenvalue weighted by Crippen LogP contribution is -2.28. The quantitative estimate of drug-likeness (QED) is 0.221. The molecule has 43 heavy (non-hydrogen) atoms. The van der Waals surface area contributed by atoms with Gasteiger partial charge < -0.3 is 0 Å². The van der Waals surface area contributed by atoms with E-state index in [1.807, 2.05) is 0 Å². The first-order valence-electron chi connectivity index (χ1n) is 16.9. The minimum atomic E-state index is -0.490. The maximum Gasteiger partial charge on any atom is 0.0698 e. The Morgan fingerprint density at radius 2 is 0.884 bits per heavy atom. The summed E-state index contributed by atoms with van der Waals surface area (Å²) in [5, 5.41) is 1.53. The largest absolute Gasteiger partial charge is 0.257 e. The highest BCUT2D eigenvalue weighted by molar-refractivity contribution is 7.69. The predicted molar refractivity (Wildman–Crippen MR) is 192 cm³/mol. The van der Waals surface area contributed by atoms with Crippen LogP contribution < -0.4 is 5.30 Å². The molecule has 0 N–H and O–H groups in total. The summed E-state index contributed by atoms with van der Waals surface area (Å²) >= 11 is 0. The van der Waals surface area contributed by atoms with Crippen LogP contribution in [0.2, 0.25) is 0 Å². The molecule has 1 unspecified atom stereocenters. The highest BCUT2D eigenvalue weighted by atomic mass is 31.1. The van der Waals surface area contributed by atoms with Crippen molar-refractivity contribution < 1.29 is 0 Å². The zero-order valence-corrected chi connectivity index (χ0v) is 28.8. The van der Waals surface area contributed by atoms with E-state index in [-0.39, 0.29) is 0 Å². The average molecular weight is 593 g/mol. The smallest absolute Gasteiger partial charge is 0.0698 e. The van der Waals surface area contributed by atoms with Gasteiger partial charge in [0.2, 0.25) is 0 Å². The minimum Gasteiger partial charge on any atom is -0.257 e. The van der Waals surface area contributed by atoms with E-state index in [1.165, 1.54) is 76.0 Å². The number of benzene rings is 3. The molecule has 3 aromatic carbocycles. The fourth-order valence-corrected chi connectivity index (χ4v) is 10.8. The molecule has 2 fully saturated rings. The van der Waals surface area contributed by atoms with Crippen LogP contribution in [0.5, 0.6) is 0 Å². The van der Waals surface area contributed by atoms with Crippen LogP contribution in [0.25, 0.3) is 0 Å². The molecule has 2 aliphatic carbocycles. The van der Waals surface area contributed by atoms with E-state index >= 15 is 0 Å². The van der Waals surface area contributed by atoms with Crippen LogP contribution in [0.15, 0.2) is 76.7 Å². The molecule has 3 heteroatoms. The number of hydrogen-bond donors (Lipinski definition) is 0. The third-order valence-corrected chi connectivity index (χ3v) is 12.9. The Balaban J connectivity index is 1.63. The second kappa shape index (κ2) is 14.0. The molecule has 0 saturated heterocycles. The summed E-state index contributed by atoms with van der Waals surface area (Å²) in [5.41, 5.74) is 12.0. The summed E-state index contributed by atoms with van der Waals surface area (Å²) in [6, 6.07) is 25.2. The number of hydrogen-bond acceptors (Lipinski definition) is 2. The summed E-state index contributed by atoms with van der Waals surface area (Å²) in [5.74, 6) is 1.83. The predicted octanol–water partition coefficient (Wildman–Crippen LogP) is 11.9. The van der Waals surface area contributed by atoms with Gasteiger partial charge in [0, 0.05) is 22.7 Å². The van der Waals surface area contributed by atoms with E-state index in [4.69, 9.17) is 9.98 Å². The van der Waals surface area contributed by atoms with Crippen molar-refractivity contribution in [2.24, 2.45) is 9.98 Å². The number of nitrogens with zero attached hydrogens (tertiary/aromatic N) is 2. The zero-order chi connectivity index (χ0) is 30.7. The number of rotatable bonds is 9. The molecule has 3 atom stereocenters. The van der Waals surface area contributed by atoms with Gasteiger partial charge in [0.15, 0.2) is 0 Å². The second-order valence-corrected chi connectivity index (χ2v) is 16.5. The van der Waals surface area contributed by atoms with Gasteiger partial charge in [-0.05, 0) is 89.8 Å². The topological polar surface area (TPSA) is 24.7 Å². The highest BCUT2D eigenvalue weighted by Crippen LogP contribution is 2.56. The Morgan fingerprint density at radius 1 is 0.512 bits per heavy atom. The summed E-state index contributed by atoms with van der Waals surface area (Å²) < 4.78 is 0. The summed E-state index contributed by atoms with van der Waals surface area (Å²) in [7, 11) is -0.490. The normalized spacial score (nSPS) is 21.8. The monoisotopic (exact) mass is 592 g/mol. The Labute approximate surface area is 263 Å². The molecule has 0 aliphatic heterocycles. The zero-order valence-electron chi connectivity index (χ0n) is 27.9. The van der Waals surface area contributed by atoms with E-state index in [9.17, 15) is 0 Å². The molecule has 0 aromatic heterocycles. The van der Waals surface area contributed by atoms with E-state index in [0.29, 0.717) is 35.0 Å². The fraction of sp³-hybridized carbons (Fsp3) is 0.500. The first-order chi connectivity index (χ1) is 20.7. The Kier molecular flexibility index (Phi) is 10.4. The van der Waals surface area contributed by atoms with Gasteiger partial charge in [-0.3, -0.25) is 9.98 Å². The maximum atomic E-state index is 5.68. The third-order valence-electron chi connectivity index (χ3n) is 9.51. The van der Waals surface area contributed by atoms with Crippen molar-refractivity contribution in [3.8, 4) is 0 Å². The molecule has 5 rings (SSSR count). The molecule has 2 aliphatic rings. The lowest BCUT2D eigenvalue weighted by atomic mass is 9.93. The molecular weight excluding hydrogens is 539 g/mol. The molecule has 0 bridgehead atoms. The van der Waals surface area contributed by atoms with Crippen LogP contribution in [-0.2, 0) is 0 Å². The van der Waals surface area contributed by atoms with Crippen LogP contribution in [0.3, 0.4) is 0 Å². The Bertz CT molecular complexity index is 1300. The number of para-hydroxylation sites is 2. The van der Waals surface area contributed by atoms with Gasteiger partial charge in [-0.15, -0.1) is 0 Å². The fourth-order valence-electron chi connectivity index (χ4n) is 7.23. The van der Waals surface area contributed by atoms with E-state index in [2.05, 4.69) is 122 Å². The average Bonchev–Trinajstić information content (AvgIpc) is 3.63. The standard InChI is InChI=1S/C40H53N2P/c1-26(2)31-18-12-19-32(27(3)4)39(31)41-35-22-14-24-37(35)43(30-16-10-9-11-17-30)38-25-15-23-36(38)42-40-33(28(5)6)20-13-21-34(40)29(7)8/h9-13,16-21,26-29,37-38H,14-15,22-25H2,1-8H3/t37-,38+,43?. The summed E-state index contributed by atoms with van der Waals surface area (Å²) in [6.45, 7) is 18.5. The Hall–Kier alpha value is -2.57. The maximum absolute atomic E-state index is 5.68. The van der Waals surface area contributed by atoms with Crippen molar-refractivity contribution in [3.05, 3.63) is 89.0 Å². The molecule has 2 saturated carbocycles. The molecule has 3 aromatic rings. The lowest BCUT2D eigenvalue weighted by Gasteiger charge is -2.32. The van der Waals surface area contributed by atoms with Crippen LogP contribution in [-0.4, -0.2) is 22.7 Å². The van der Waals surface area contributed by atoms with Gasteiger partial charge in [0.25, 0.3) is 0 Å². The van der Waals surface area contributed by atoms with Crippen LogP contribution in [0, 0.1) is 0 Å². The minimum absolute atomic E-state index is 0.457. The first kappa shape index (κ1) is 31.8. The second-order valence-electron chi connectivity index (χ2n) is 14.0. The van der Waals surface area contributed by atoms with Crippen molar-refractivity contribution in [1.29, 1.82) is 0 Å². The lowest BCUT2D eigenvalue weighted by molar-refractivity contribution is 0.834. The van der Waals surface area contributed by atoms with Crippen molar-refractivity contribution in [2.45, 2.75) is 129 Å². The van der Waals surface area contributed by atoms with Crippen LogP contribution in [0.1, 0.15) is 140 Å². The van der Waals surface area contributed by atoms with Gasteiger partial charge in [-0.2, -0.15) is 0 Å². The van der Waals surface area contributed by atoms with E-state index in [1.54, 1.807) is 0 Å². The highest BCUT2D eigenvalue weighted by Gasteiger charge is 2.40. The molecule has 0 heterocycles. The SMILES string of the molecule is CC(C)c1cccc(C(C)C)c1N=C1CCC[C@H]1P(c1ccccc1)[C@H]1CCCC1=Nc1c(C(C)C)cccc1C(C)C. The van der Waals surface area contributed by atoms with Crippen molar-refractivity contribution in [1.82, 2.24) is 0 Å². The summed E-state index contributed by atoms with van der Waals surface area (Å²) in [4.78, 5) is 11.4. The molecule has 2 nitrogen and oxygen atoms in total. The van der Waals surface area contributed by atoms with Crippen LogP contribution >= 0.6 is 7.92 Å². The Morgan fingerprint density at radius 3 is 1.23 bits per heavy atom. The van der Waals surface area contributed by atoms with E-state index < -0.39 is 7.92 Å². The van der Waals surface area contributed by atoms with Gasteiger partial charge in [0.1, 0.15) is 0 Å². The molecule has 0 spiro atoms.